The van der Waals surface area contributed by atoms with Crippen LogP contribution >= 0.6 is 8.07 Å². The summed E-state index contributed by atoms with van der Waals surface area (Å²) in [5.74, 6) is 0.764. The van der Waals surface area contributed by atoms with Gasteiger partial charge in [-0.2, -0.15) is 0 Å². The van der Waals surface area contributed by atoms with Crippen LogP contribution in [-0.4, -0.2) is 23.2 Å². The Morgan fingerprint density at radius 3 is 1.75 bits per heavy atom. The number of nitrogens with zero attached hydrogens (tertiary/aromatic N) is 2. The highest BCUT2D eigenvalue weighted by Gasteiger charge is 2.26. The molecule has 1 aliphatic rings. The second kappa shape index (κ2) is 12.9. The summed E-state index contributed by atoms with van der Waals surface area (Å²) in [7, 11) is -0.776. The van der Waals surface area contributed by atoms with Crippen molar-refractivity contribution in [1.82, 2.24) is 4.67 Å². The second-order valence-electron chi connectivity index (χ2n) is 10.0. The fraction of sp³-hybridized carbons (Fsp3) is 0.139. The van der Waals surface area contributed by atoms with E-state index in [2.05, 4.69) is 150 Å². The molecular weight excluding hydrogens is 507 g/mol. The van der Waals surface area contributed by atoms with Gasteiger partial charge in [0.05, 0.1) is 6.04 Å². The van der Waals surface area contributed by atoms with E-state index < -0.39 is 8.07 Å². The van der Waals surface area contributed by atoms with Crippen LogP contribution in [0.3, 0.4) is 0 Å². The Balaban J connectivity index is 1.35. The number of benzene rings is 5. The third kappa shape index (κ3) is 6.39. The number of hydrogen-bond donors (Lipinski definition) is 0. The maximum atomic E-state index is 6.23. The van der Waals surface area contributed by atoms with E-state index in [1.807, 2.05) is 0 Å². The van der Waals surface area contributed by atoms with Crippen LogP contribution in [0, 0.1) is 0 Å². The molecule has 0 aliphatic carbocycles. The standard InChI is InChI=1S/C36H33N2OP/c1-5-15-29(16-6-1)25-32-28-39-36(37-32)35-24-14-13-19-31(35)27-38(26-30-17-7-2-8-18-30)40(33-20-9-3-10-21-33)34-22-11-4-12-23-34/h1-24,32H,25-28H2/t32-/m0/s1. The third-order valence-corrected chi connectivity index (χ3v) is 9.54. The summed E-state index contributed by atoms with van der Waals surface area (Å²) < 4.78 is 8.86. The van der Waals surface area contributed by atoms with Crippen molar-refractivity contribution in [2.45, 2.75) is 25.6 Å². The lowest BCUT2D eigenvalue weighted by molar-refractivity contribution is 0.316. The molecule has 4 heteroatoms. The average molecular weight is 541 g/mol. The summed E-state index contributed by atoms with van der Waals surface area (Å²) in [4.78, 5) is 5.05. The Labute approximate surface area is 238 Å². The molecule has 1 atom stereocenters. The summed E-state index contributed by atoms with van der Waals surface area (Å²) in [5, 5.41) is 2.68. The van der Waals surface area contributed by atoms with Gasteiger partial charge in [0.1, 0.15) is 6.61 Å². The van der Waals surface area contributed by atoms with Gasteiger partial charge in [0.2, 0.25) is 5.90 Å². The molecule has 1 heterocycles. The lowest BCUT2D eigenvalue weighted by Crippen LogP contribution is -2.29. The van der Waals surface area contributed by atoms with Gasteiger partial charge in [-0.1, -0.05) is 140 Å². The van der Waals surface area contributed by atoms with E-state index in [9.17, 15) is 0 Å². The highest BCUT2D eigenvalue weighted by atomic mass is 31.1. The predicted molar refractivity (Wildman–Crippen MR) is 168 cm³/mol. The van der Waals surface area contributed by atoms with Gasteiger partial charge in [0, 0.05) is 26.7 Å². The van der Waals surface area contributed by atoms with Crippen LogP contribution in [0.4, 0.5) is 0 Å². The lowest BCUT2D eigenvalue weighted by atomic mass is 10.1. The zero-order valence-electron chi connectivity index (χ0n) is 22.5. The Hall–Kier alpha value is -4.04. The van der Waals surface area contributed by atoms with E-state index in [1.165, 1.54) is 27.3 Å². The molecule has 198 valence electrons. The topological polar surface area (TPSA) is 24.8 Å². The Kier molecular flexibility index (Phi) is 8.43. The van der Waals surface area contributed by atoms with Gasteiger partial charge in [-0.15, -0.1) is 0 Å². The summed E-state index contributed by atoms with van der Waals surface area (Å²) in [5.41, 5.74) is 4.92. The van der Waals surface area contributed by atoms with E-state index in [-0.39, 0.29) is 6.04 Å². The molecule has 0 spiro atoms. The third-order valence-electron chi connectivity index (χ3n) is 7.12. The summed E-state index contributed by atoms with van der Waals surface area (Å²) in [6.07, 6.45) is 0.889. The Morgan fingerprint density at radius 2 is 1.12 bits per heavy atom. The first-order valence-corrected chi connectivity index (χ1v) is 15.1. The van der Waals surface area contributed by atoms with E-state index in [0.717, 1.165) is 31.0 Å². The Morgan fingerprint density at radius 1 is 0.600 bits per heavy atom. The summed E-state index contributed by atoms with van der Waals surface area (Å²) in [6.45, 7) is 2.24. The zero-order valence-corrected chi connectivity index (χ0v) is 23.4. The largest absolute Gasteiger partial charge is 0.475 e. The van der Waals surface area contributed by atoms with Crippen molar-refractivity contribution in [3.63, 3.8) is 0 Å². The fourth-order valence-electron chi connectivity index (χ4n) is 5.22. The van der Waals surface area contributed by atoms with Gasteiger partial charge in [-0.3, -0.25) is 4.67 Å². The van der Waals surface area contributed by atoms with Crippen LogP contribution in [0.1, 0.15) is 22.3 Å². The van der Waals surface area contributed by atoms with Gasteiger partial charge in [0.15, 0.2) is 0 Å². The molecule has 0 saturated heterocycles. The number of ether oxygens (including phenoxy) is 1. The molecule has 3 nitrogen and oxygen atoms in total. The maximum Gasteiger partial charge on any atom is 0.216 e. The van der Waals surface area contributed by atoms with Crippen LogP contribution in [-0.2, 0) is 24.2 Å². The van der Waals surface area contributed by atoms with Crippen LogP contribution in [0.2, 0.25) is 0 Å². The molecule has 0 fully saturated rings. The molecule has 40 heavy (non-hydrogen) atoms. The van der Waals surface area contributed by atoms with Gasteiger partial charge >= 0.3 is 0 Å². The minimum absolute atomic E-state index is 0.136. The molecule has 5 aromatic carbocycles. The quantitative estimate of drug-likeness (QED) is 0.176. The van der Waals surface area contributed by atoms with E-state index in [0.29, 0.717) is 6.61 Å². The van der Waals surface area contributed by atoms with Crippen molar-refractivity contribution >= 4 is 24.6 Å². The second-order valence-corrected chi connectivity index (χ2v) is 12.3. The van der Waals surface area contributed by atoms with Crippen molar-refractivity contribution in [2.24, 2.45) is 4.99 Å². The smallest absolute Gasteiger partial charge is 0.216 e. The molecule has 5 aromatic rings. The monoisotopic (exact) mass is 540 g/mol. The molecule has 1 aliphatic heterocycles. The first kappa shape index (κ1) is 26.2. The lowest BCUT2D eigenvalue weighted by Gasteiger charge is -2.33. The maximum absolute atomic E-state index is 6.23. The van der Waals surface area contributed by atoms with E-state index in [4.69, 9.17) is 9.73 Å². The summed E-state index contributed by atoms with van der Waals surface area (Å²) in [6, 6.07) is 51.9. The van der Waals surface area contributed by atoms with Gasteiger partial charge in [-0.05, 0) is 39.8 Å². The van der Waals surface area contributed by atoms with Crippen molar-refractivity contribution in [3.05, 3.63) is 168 Å². The normalized spacial score (nSPS) is 14.8. The molecule has 0 aromatic heterocycles. The SMILES string of the molecule is c1ccc(C[C@H]2COC(c3ccccc3CN(Cc3ccccc3)P(c3ccccc3)c3ccccc3)=N2)cc1. The number of rotatable bonds is 10. The van der Waals surface area contributed by atoms with Crippen LogP contribution in [0.5, 0.6) is 0 Å². The highest BCUT2D eigenvalue weighted by molar-refractivity contribution is 7.70. The van der Waals surface area contributed by atoms with Crippen molar-refractivity contribution in [1.29, 1.82) is 0 Å². The van der Waals surface area contributed by atoms with E-state index >= 15 is 0 Å². The molecule has 0 unspecified atom stereocenters. The van der Waals surface area contributed by atoms with Crippen LogP contribution < -0.4 is 10.6 Å². The number of hydrogen-bond acceptors (Lipinski definition) is 3. The van der Waals surface area contributed by atoms with E-state index in [1.54, 1.807) is 0 Å². The minimum Gasteiger partial charge on any atom is -0.475 e. The minimum atomic E-state index is -0.776. The molecule has 0 amide bonds. The zero-order chi connectivity index (χ0) is 27.0. The highest BCUT2D eigenvalue weighted by Crippen LogP contribution is 2.41. The molecule has 0 N–H and O–H groups in total. The molecular formula is C36H33N2OP. The summed E-state index contributed by atoms with van der Waals surface area (Å²) >= 11 is 0. The van der Waals surface area contributed by atoms with Gasteiger partial charge < -0.3 is 4.74 Å². The van der Waals surface area contributed by atoms with Crippen molar-refractivity contribution in [3.8, 4) is 0 Å². The first-order chi connectivity index (χ1) is 19.8. The van der Waals surface area contributed by atoms with Gasteiger partial charge in [-0.25, -0.2) is 4.99 Å². The Bertz CT molecular complexity index is 1490. The molecule has 0 saturated carbocycles. The molecule has 0 bridgehead atoms. The van der Waals surface area contributed by atoms with Crippen LogP contribution in [0.15, 0.2) is 151 Å². The molecule has 6 rings (SSSR count). The predicted octanol–water partition coefficient (Wildman–Crippen LogP) is 7.12. The fourth-order valence-corrected chi connectivity index (χ4v) is 7.68. The van der Waals surface area contributed by atoms with Crippen molar-refractivity contribution < 1.29 is 4.74 Å². The molecule has 0 radical (unpaired) electrons. The first-order valence-electron chi connectivity index (χ1n) is 13.9. The van der Waals surface area contributed by atoms with Crippen molar-refractivity contribution in [2.75, 3.05) is 6.61 Å². The number of aliphatic imine (C=N–C) groups is 1. The average Bonchev–Trinajstić information content (AvgIpc) is 3.48. The van der Waals surface area contributed by atoms with Gasteiger partial charge in [0.25, 0.3) is 0 Å². The van der Waals surface area contributed by atoms with Crippen LogP contribution in [0.25, 0.3) is 0 Å².